The van der Waals surface area contributed by atoms with Crippen LogP contribution in [0, 0.1) is 11.8 Å². The third kappa shape index (κ3) is 11.6. The third-order valence-electron chi connectivity index (χ3n) is 8.33. The third-order valence-corrected chi connectivity index (χ3v) is 8.33. The fourth-order valence-electron chi connectivity index (χ4n) is 6.09. The molecule has 3 aliphatic heterocycles. The zero-order valence-electron chi connectivity index (χ0n) is 27.9. The number of nitrogens with zero attached hydrogens (tertiary/aromatic N) is 6. The van der Waals surface area contributed by atoms with Crippen LogP contribution in [0.2, 0.25) is 0 Å². The normalized spacial score (nSPS) is 32.3. The van der Waals surface area contributed by atoms with E-state index in [0.717, 1.165) is 26.2 Å². The number of azide groups is 2. The van der Waals surface area contributed by atoms with Crippen molar-refractivity contribution < 1.29 is 47.9 Å². The Morgan fingerprint density at radius 2 is 1.27 bits per heavy atom. The molecule has 0 spiro atoms. The summed E-state index contributed by atoms with van der Waals surface area (Å²) in [7, 11) is 0. The molecule has 1 N–H and O–H groups in total. The molecule has 0 saturated carbocycles. The first-order chi connectivity index (χ1) is 21.0. The molecule has 16 nitrogen and oxygen atoms in total. The summed E-state index contributed by atoms with van der Waals surface area (Å²) in [6.45, 7) is 16.5. The molecule has 0 aromatic rings. The van der Waals surface area contributed by atoms with Gasteiger partial charge in [-0.05, 0) is 63.4 Å². The Balaban J connectivity index is 0.000000405. The fraction of sp³-hybridized carbons (Fsp3) is 0.897. The van der Waals surface area contributed by atoms with Gasteiger partial charge in [0, 0.05) is 55.5 Å². The van der Waals surface area contributed by atoms with Gasteiger partial charge in [-0.1, -0.05) is 37.9 Å². The summed E-state index contributed by atoms with van der Waals surface area (Å²) in [6.07, 6.45) is 2.70. The molecule has 8 atom stereocenters. The molecule has 256 valence electrons. The number of carbonyl (C=O) groups excluding carboxylic acids is 2. The van der Waals surface area contributed by atoms with Crippen LogP contribution in [0.3, 0.4) is 0 Å². The van der Waals surface area contributed by atoms with Crippen LogP contribution in [0.25, 0.3) is 20.9 Å². The number of hydrogen-bond acceptors (Lipinski definition) is 11. The van der Waals surface area contributed by atoms with Gasteiger partial charge in [0.25, 0.3) is 5.97 Å². The zero-order chi connectivity index (χ0) is 34.4. The Morgan fingerprint density at radius 1 is 0.800 bits per heavy atom. The van der Waals surface area contributed by atoms with Crippen molar-refractivity contribution in [3.05, 3.63) is 20.9 Å². The summed E-state index contributed by atoms with van der Waals surface area (Å²) in [6, 6.07) is 0. The van der Waals surface area contributed by atoms with Gasteiger partial charge in [0.15, 0.2) is 18.2 Å². The van der Waals surface area contributed by atoms with E-state index in [-0.39, 0.29) is 29.8 Å². The molecule has 0 amide bonds. The van der Waals surface area contributed by atoms with Gasteiger partial charge in [0.2, 0.25) is 6.29 Å². The topological polar surface area (TPSA) is 224 Å². The summed E-state index contributed by atoms with van der Waals surface area (Å²) in [5.74, 6) is -2.20. The summed E-state index contributed by atoms with van der Waals surface area (Å²) < 4.78 is 34.3. The minimum atomic E-state index is -0.907. The van der Waals surface area contributed by atoms with Crippen LogP contribution in [-0.2, 0) is 42.8 Å². The molecule has 3 rings (SSSR count). The van der Waals surface area contributed by atoms with Gasteiger partial charge in [-0.2, -0.15) is 0 Å². The Hall–Kier alpha value is -3.13. The molecular weight excluding hydrogens is 592 g/mol. The largest absolute Gasteiger partial charge is 0.481 e. The van der Waals surface area contributed by atoms with Crippen molar-refractivity contribution >= 4 is 17.9 Å². The lowest BCUT2D eigenvalue weighted by molar-refractivity contribution is -0.233. The van der Waals surface area contributed by atoms with Crippen molar-refractivity contribution in [2.45, 2.75) is 143 Å². The lowest BCUT2D eigenvalue weighted by Crippen LogP contribution is -2.39. The first-order valence-electron chi connectivity index (χ1n) is 15.3. The fourth-order valence-corrected chi connectivity index (χ4v) is 6.09. The molecule has 3 fully saturated rings. The first-order valence-corrected chi connectivity index (χ1v) is 15.3. The maximum absolute atomic E-state index is 11.3. The van der Waals surface area contributed by atoms with E-state index in [2.05, 4.69) is 33.9 Å². The maximum Gasteiger partial charge on any atom is 0.305 e. The Bertz CT molecular complexity index is 1090. The van der Waals surface area contributed by atoms with Crippen LogP contribution in [0.1, 0.15) is 101 Å². The zero-order valence-corrected chi connectivity index (χ0v) is 27.9. The average molecular weight is 643 g/mol. The SMILES string of the molecule is CC(=O)O.CC[C@@]1(CCCN=[N+]=[N-])OC(OC(C)=O)[C@H](OC(C)=O)[C@@H]1C.CC[C@@]1(CCCN=[N+]=[N-])O[C@@H]2OC(C)(C)O[C@@H]2[C@@H]1C. The van der Waals surface area contributed by atoms with Crippen LogP contribution in [0.5, 0.6) is 0 Å². The second kappa shape index (κ2) is 18.1. The van der Waals surface area contributed by atoms with Crippen molar-refractivity contribution in [2.24, 2.45) is 22.1 Å². The van der Waals surface area contributed by atoms with Gasteiger partial charge < -0.3 is 33.5 Å². The summed E-state index contributed by atoms with van der Waals surface area (Å²) >= 11 is 0. The molecule has 16 heteroatoms. The van der Waals surface area contributed by atoms with Gasteiger partial charge in [-0.3, -0.25) is 14.4 Å². The van der Waals surface area contributed by atoms with Crippen LogP contribution in [0.4, 0.5) is 0 Å². The Labute approximate surface area is 264 Å². The number of ether oxygens (including phenoxy) is 6. The average Bonchev–Trinajstić information content (AvgIpc) is 3.48. The van der Waals surface area contributed by atoms with Gasteiger partial charge in [0.1, 0.15) is 6.10 Å². The van der Waals surface area contributed by atoms with E-state index >= 15 is 0 Å². The van der Waals surface area contributed by atoms with E-state index in [0.29, 0.717) is 32.4 Å². The van der Waals surface area contributed by atoms with Crippen LogP contribution < -0.4 is 0 Å². The van der Waals surface area contributed by atoms with E-state index in [1.807, 2.05) is 27.7 Å². The van der Waals surface area contributed by atoms with E-state index < -0.39 is 41.7 Å². The van der Waals surface area contributed by atoms with Crippen molar-refractivity contribution in [2.75, 3.05) is 13.1 Å². The van der Waals surface area contributed by atoms with E-state index in [9.17, 15) is 9.59 Å². The summed E-state index contributed by atoms with van der Waals surface area (Å²) in [5.41, 5.74) is 15.8. The Kier molecular flexibility index (Phi) is 16.1. The highest BCUT2D eigenvalue weighted by Gasteiger charge is 2.58. The highest BCUT2D eigenvalue weighted by molar-refractivity contribution is 5.67. The molecular formula is C29H50N6O10. The molecule has 3 saturated heterocycles. The number of rotatable bonds is 12. The maximum atomic E-state index is 11.3. The quantitative estimate of drug-likeness (QED) is 0.0836. The number of carbonyl (C=O) groups is 3. The molecule has 1 unspecified atom stereocenters. The highest BCUT2D eigenvalue weighted by atomic mass is 16.8. The monoisotopic (exact) mass is 642 g/mol. The minimum Gasteiger partial charge on any atom is -0.481 e. The smallest absolute Gasteiger partial charge is 0.305 e. The highest BCUT2D eigenvalue weighted by Crippen LogP contribution is 2.49. The number of carboxylic acid groups (broad SMARTS) is 1. The number of aliphatic carboxylic acids is 1. The standard InChI is InChI=1S/C14H23N3O5.C13H23N3O3.C2H4O2/c1-5-14(7-6-8-16-17-15)9(2)12(20-10(3)18)13(22-14)21-11(4)19;1-5-13(7-6-8-15-16-14)9(2)10-11(19-13)18-12(3,4)17-10;1-2(3)4/h9,12-13H,5-8H2,1-4H3;9-11H,5-8H2,1-4H3;1H3,(H,3,4)/t9-,12+,13?,14-;9-,10+,11-,13-;/m00./s1. The molecule has 0 aromatic heterocycles. The molecule has 0 aromatic carbocycles. The number of hydrogen-bond donors (Lipinski definition) is 1. The first kappa shape index (κ1) is 39.9. The summed E-state index contributed by atoms with van der Waals surface area (Å²) in [5, 5.41) is 14.5. The van der Waals surface area contributed by atoms with Gasteiger partial charge >= 0.3 is 11.9 Å². The van der Waals surface area contributed by atoms with Crippen LogP contribution >= 0.6 is 0 Å². The van der Waals surface area contributed by atoms with Crippen LogP contribution in [0.15, 0.2) is 10.2 Å². The predicted octanol–water partition coefficient (Wildman–Crippen LogP) is 6.17. The van der Waals surface area contributed by atoms with Gasteiger partial charge in [0.05, 0.1) is 11.2 Å². The molecule has 0 aliphatic carbocycles. The lowest BCUT2D eigenvalue weighted by Gasteiger charge is -2.34. The second-order valence-corrected chi connectivity index (χ2v) is 11.8. The molecule has 0 bridgehead atoms. The number of carboxylic acids is 1. The predicted molar refractivity (Wildman–Crippen MR) is 161 cm³/mol. The molecule has 3 heterocycles. The Morgan fingerprint density at radius 3 is 1.67 bits per heavy atom. The van der Waals surface area contributed by atoms with E-state index in [4.69, 9.17) is 49.4 Å². The molecule has 3 aliphatic rings. The lowest BCUT2D eigenvalue weighted by atomic mass is 9.81. The van der Waals surface area contributed by atoms with Crippen molar-refractivity contribution in [3.63, 3.8) is 0 Å². The number of fused-ring (bicyclic) bond motifs is 1. The van der Waals surface area contributed by atoms with Crippen LogP contribution in [-0.4, -0.2) is 77.9 Å². The van der Waals surface area contributed by atoms with Gasteiger partial charge in [-0.25, -0.2) is 0 Å². The second-order valence-electron chi connectivity index (χ2n) is 11.8. The van der Waals surface area contributed by atoms with E-state index in [1.165, 1.54) is 13.8 Å². The minimum absolute atomic E-state index is 0.00517. The van der Waals surface area contributed by atoms with E-state index in [1.54, 1.807) is 0 Å². The van der Waals surface area contributed by atoms with Crippen molar-refractivity contribution in [3.8, 4) is 0 Å². The van der Waals surface area contributed by atoms with Crippen molar-refractivity contribution in [1.82, 2.24) is 0 Å². The molecule has 0 radical (unpaired) electrons. The number of esters is 2. The molecule has 45 heavy (non-hydrogen) atoms. The van der Waals surface area contributed by atoms with Crippen molar-refractivity contribution in [1.29, 1.82) is 0 Å². The van der Waals surface area contributed by atoms with Gasteiger partial charge in [-0.15, -0.1) is 0 Å². The summed E-state index contributed by atoms with van der Waals surface area (Å²) in [4.78, 5) is 37.0.